The van der Waals surface area contributed by atoms with E-state index in [1.807, 2.05) is 6.26 Å². The SMILES string of the molecule is CSc1nnc(C)n1NC(=O)C=Cc1ccc(-c2ccc(Cl)cc2Cl)o1. The Kier molecular flexibility index (Phi) is 5.70. The lowest BCUT2D eigenvalue weighted by Gasteiger charge is -2.06. The van der Waals surface area contributed by atoms with Crippen LogP contribution in [0.25, 0.3) is 17.4 Å². The molecule has 0 unspecified atom stereocenters. The molecule has 26 heavy (non-hydrogen) atoms. The molecule has 3 rings (SSSR count). The van der Waals surface area contributed by atoms with Crippen molar-refractivity contribution in [2.45, 2.75) is 12.1 Å². The van der Waals surface area contributed by atoms with Gasteiger partial charge in [-0.2, -0.15) is 0 Å². The van der Waals surface area contributed by atoms with Crippen molar-refractivity contribution in [2.75, 3.05) is 11.7 Å². The first kappa shape index (κ1) is 18.6. The first-order valence-corrected chi connectivity index (χ1v) is 9.46. The molecule has 0 fully saturated rings. The fourth-order valence-corrected chi connectivity index (χ4v) is 3.17. The molecule has 9 heteroatoms. The Balaban J connectivity index is 1.72. The predicted octanol–water partition coefficient (Wildman–Crippen LogP) is 4.66. The van der Waals surface area contributed by atoms with Crippen molar-refractivity contribution < 1.29 is 9.21 Å². The van der Waals surface area contributed by atoms with Gasteiger partial charge in [-0.15, -0.1) is 10.2 Å². The molecule has 1 amide bonds. The molecule has 1 aromatic carbocycles. The van der Waals surface area contributed by atoms with Crippen LogP contribution in [0.5, 0.6) is 0 Å². The molecule has 6 nitrogen and oxygen atoms in total. The van der Waals surface area contributed by atoms with E-state index < -0.39 is 0 Å². The lowest BCUT2D eigenvalue weighted by molar-refractivity contribution is -0.112. The number of nitrogens with one attached hydrogen (secondary N) is 1. The minimum atomic E-state index is -0.328. The largest absolute Gasteiger partial charge is 0.457 e. The lowest BCUT2D eigenvalue weighted by Crippen LogP contribution is -2.22. The van der Waals surface area contributed by atoms with Crippen molar-refractivity contribution in [3.8, 4) is 11.3 Å². The minimum absolute atomic E-state index is 0.328. The molecule has 0 aliphatic rings. The van der Waals surface area contributed by atoms with E-state index in [1.165, 1.54) is 22.5 Å². The van der Waals surface area contributed by atoms with E-state index in [2.05, 4.69) is 15.6 Å². The second kappa shape index (κ2) is 7.99. The van der Waals surface area contributed by atoms with Crippen molar-refractivity contribution in [1.82, 2.24) is 14.9 Å². The van der Waals surface area contributed by atoms with Gasteiger partial charge in [-0.3, -0.25) is 10.2 Å². The molecule has 0 aliphatic heterocycles. The van der Waals surface area contributed by atoms with Crippen LogP contribution in [0.1, 0.15) is 11.6 Å². The van der Waals surface area contributed by atoms with Crippen LogP contribution in [0, 0.1) is 6.92 Å². The molecule has 2 heterocycles. The van der Waals surface area contributed by atoms with Crippen LogP contribution in [-0.2, 0) is 4.79 Å². The summed E-state index contributed by atoms with van der Waals surface area (Å²) in [4.78, 5) is 12.1. The van der Waals surface area contributed by atoms with Crippen molar-refractivity contribution >= 4 is 46.9 Å². The monoisotopic (exact) mass is 408 g/mol. The Hall–Kier alpha value is -2.22. The molecule has 0 saturated carbocycles. The summed E-state index contributed by atoms with van der Waals surface area (Å²) in [5.41, 5.74) is 3.43. The number of amides is 1. The Morgan fingerprint density at radius 2 is 2.08 bits per heavy atom. The maximum atomic E-state index is 12.1. The Morgan fingerprint density at radius 3 is 2.81 bits per heavy atom. The summed E-state index contributed by atoms with van der Waals surface area (Å²) in [6, 6.07) is 8.69. The van der Waals surface area contributed by atoms with Gasteiger partial charge in [0.05, 0.1) is 5.02 Å². The second-order valence-electron chi connectivity index (χ2n) is 5.20. The molecule has 1 N–H and O–H groups in total. The summed E-state index contributed by atoms with van der Waals surface area (Å²) in [7, 11) is 0. The average Bonchev–Trinajstić information content (AvgIpc) is 3.20. The number of hydrogen-bond acceptors (Lipinski definition) is 5. The summed E-state index contributed by atoms with van der Waals surface area (Å²) in [6.45, 7) is 1.76. The minimum Gasteiger partial charge on any atom is -0.457 e. The van der Waals surface area contributed by atoms with Crippen molar-refractivity contribution in [3.05, 3.63) is 58.0 Å². The molecule has 0 saturated heterocycles. The number of carbonyl (C=O) groups is 1. The quantitative estimate of drug-likeness (QED) is 0.490. The summed E-state index contributed by atoms with van der Waals surface area (Å²) in [5.74, 6) is 1.37. The zero-order valence-corrected chi connectivity index (χ0v) is 16.2. The fraction of sp³-hybridized carbons (Fsp3) is 0.118. The van der Waals surface area contributed by atoms with Crippen molar-refractivity contribution in [1.29, 1.82) is 0 Å². The molecule has 0 bridgehead atoms. The number of nitrogens with zero attached hydrogens (tertiary/aromatic N) is 3. The zero-order valence-electron chi connectivity index (χ0n) is 13.9. The fourth-order valence-electron chi connectivity index (χ4n) is 2.19. The van der Waals surface area contributed by atoms with Gasteiger partial charge in [-0.1, -0.05) is 35.0 Å². The highest BCUT2D eigenvalue weighted by Crippen LogP contribution is 2.31. The van der Waals surface area contributed by atoms with Crippen molar-refractivity contribution in [3.63, 3.8) is 0 Å². The molecular formula is C17H14Cl2N4O2S. The number of carbonyl (C=O) groups excluding carboxylic acids is 1. The predicted molar refractivity (Wildman–Crippen MR) is 104 cm³/mol. The van der Waals surface area contributed by atoms with Gasteiger partial charge in [0.1, 0.15) is 17.3 Å². The third-order valence-corrected chi connectivity index (χ3v) is 4.60. The number of rotatable bonds is 5. The molecule has 0 radical (unpaired) electrons. The van der Waals surface area contributed by atoms with Crippen LogP contribution < -0.4 is 5.43 Å². The van der Waals surface area contributed by atoms with Crippen LogP contribution in [0.2, 0.25) is 10.0 Å². The van der Waals surface area contributed by atoms with Crippen molar-refractivity contribution in [2.24, 2.45) is 0 Å². The highest BCUT2D eigenvalue weighted by atomic mass is 35.5. The van der Waals surface area contributed by atoms with Gasteiger partial charge in [0.2, 0.25) is 5.16 Å². The number of hydrogen-bond donors (Lipinski definition) is 1. The number of furan rings is 1. The third-order valence-electron chi connectivity index (χ3n) is 3.42. The van der Waals surface area contributed by atoms with Crippen LogP contribution >= 0.6 is 35.0 Å². The van der Waals surface area contributed by atoms with Gasteiger partial charge in [0, 0.05) is 16.7 Å². The lowest BCUT2D eigenvalue weighted by atomic mass is 10.2. The number of aryl methyl sites for hydroxylation is 1. The topological polar surface area (TPSA) is 73.0 Å². The first-order valence-electron chi connectivity index (χ1n) is 7.48. The number of halogens is 2. The maximum absolute atomic E-state index is 12.1. The normalized spacial score (nSPS) is 11.2. The molecule has 2 aromatic heterocycles. The molecule has 3 aromatic rings. The molecule has 0 atom stereocenters. The van der Waals surface area contributed by atoms with E-state index in [1.54, 1.807) is 43.3 Å². The average molecular weight is 409 g/mol. The third kappa shape index (κ3) is 4.12. The maximum Gasteiger partial charge on any atom is 0.263 e. The van der Waals surface area contributed by atoms with Gasteiger partial charge in [0.15, 0.2) is 0 Å². The first-order chi connectivity index (χ1) is 12.5. The Labute approximate surface area is 164 Å². The van der Waals surface area contributed by atoms with E-state index in [0.29, 0.717) is 32.5 Å². The second-order valence-corrected chi connectivity index (χ2v) is 6.82. The van der Waals surface area contributed by atoms with E-state index in [4.69, 9.17) is 27.6 Å². The number of benzene rings is 1. The Morgan fingerprint density at radius 1 is 1.27 bits per heavy atom. The van der Waals surface area contributed by atoms with Gasteiger partial charge in [-0.25, -0.2) is 4.68 Å². The zero-order chi connectivity index (χ0) is 18.7. The van der Waals surface area contributed by atoms with Crippen LogP contribution in [0.4, 0.5) is 0 Å². The standard InChI is InChI=1S/C17H14Cl2N4O2S/c1-10-20-21-17(26-2)23(10)22-16(24)8-5-12-4-7-15(25-12)13-6-3-11(18)9-14(13)19/h3-9H,1-2H3,(H,22,24). The summed E-state index contributed by atoms with van der Waals surface area (Å²) >= 11 is 13.5. The van der Waals surface area contributed by atoms with Gasteiger partial charge in [0.25, 0.3) is 5.91 Å². The number of aromatic nitrogens is 3. The molecule has 0 aliphatic carbocycles. The summed E-state index contributed by atoms with van der Waals surface area (Å²) in [5, 5.41) is 9.52. The van der Waals surface area contributed by atoms with E-state index in [-0.39, 0.29) is 5.91 Å². The van der Waals surface area contributed by atoms with Gasteiger partial charge < -0.3 is 4.42 Å². The number of thioether (sulfide) groups is 1. The van der Waals surface area contributed by atoms with Gasteiger partial charge >= 0.3 is 0 Å². The van der Waals surface area contributed by atoms with Gasteiger partial charge in [-0.05, 0) is 49.6 Å². The molecule has 0 spiro atoms. The smallest absolute Gasteiger partial charge is 0.263 e. The molecular weight excluding hydrogens is 395 g/mol. The van der Waals surface area contributed by atoms with E-state index in [0.717, 1.165) is 5.56 Å². The Bertz CT molecular complexity index is 981. The van der Waals surface area contributed by atoms with Crippen LogP contribution in [-0.4, -0.2) is 27.0 Å². The summed E-state index contributed by atoms with van der Waals surface area (Å²) < 4.78 is 7.24. The highest BCUT2D eigenvalue weighted by Gasteiger charge is 2.10. The molecule has 134 valence electrons. The van der Waals surface area contributed by atoms with Crippen LogP contribution in [0.15, 0.2) is 46.0 Å². The highest BCUT2D eigenvalue weighted by molar-refractivity contribution is 7.98. The summed E-state index contributed by atoms with van der Waals surface area (Å²) in [6.07, 6.45) is 4.80. The van der Waals surface area contributed by atoms with E-state index in [9.17, 15) is 4.79 Å². The van der Waals surface area contributed by atoms with Crippen LogP contribution in [0.3, 0.4) is 0 Å². The van der Waals surface area contributed by atoms with E-state index >= 15 is 0 Å².